The molecule has 1 saturated carbocycles. The van der Waals surface area contributed by atoms with Gasteiger partial charge in [0.2, 0.25) is 0 Å². The fraction of sp³-hybridized carbons (Fsp3) is 0.435. The molecule has 1 aliphatic carbocycles. The minimum Gasteiger partial charge on any atom is -0.490 e. The first kappa shape index (κ1) is 23.8. The Morgan fingerprint density at radius 1 is 1.06 bits per heavy atom. The summed E-state index contributed by atoms with van der Waals surface area (Å²) in [4.78, 5) is 12.2. The third kappa shape index (κ3) is 6.34. The third-order valence-electron chi connectivity index (χ3n) is 5.31. The molecule has 0 spiro atoms. The molecule has 2 aromatic carbocycles. The van der Waals surface area contributed by atoms with Gasteiger partial charge in [-0.15, -0.1) is 0 Å². The molecule has 0 bridgehead atoms. The molecule has 178 valence electrons. The van der Waals surface area contributed by atoms with Crippen molar-refractivity contribution in [2.45, 2.75) is 63.3 Å². The highest BCUT2D eigenvalue weighted by Gasteiger charge is 2.32. The van der Waals surface area contributed by atoms with Crippen molar-refractivity contribution in [1.82, 2.24) is 5.32 Å². The number of ether oxygens (including phenoxy) is 1. The van der Waals surface area contributed by atoms with Gasteiger partial charge in [-0.05, 0) is 55.3 Å². The average molecular weight is 460 g/mol. The molecule has 2 amide bonds. The number of urea groups is 1. The largest absolute Gasteiger partial charge is 0.490 e. The summed E-state index contributed by atoms with van der Waals surface area (Å²) in [6.07, 6.45) is -2.74. The Kier molecular flexibility index (Phi) is 7.26. The van der Waals surface area contributed by atoms with E-state index in [1.165, 1.54) is 36.4 Å². The molecule has 0 heterocycles. The highest BCUT2D eigenvalue weighted by Crippen LogP contribution is 2.34. The highest BCUT2D eigenvalue weighted by atomic mass is 19.4. The number of carbonyl (C=O) groups excluding carboxylic acids is 1. The Hall–Kier alpha value is -2.84. The van der Waals surface area contributed by atoms with Crippen LogP contribution in [0.3, 0.4) is 0 Å². The number of rotatable bonds is 7. The predicted molar refractivity (Wildman–Crippen MR) is 115 cm³/mol. The fourth-order valence-electron chi connectivity index (χ4n) is 3.73. The minimum absolute atomic E-state index is 0. The second kappa shape index (κ2) is 9.75. The number of amides is 2. The lowest BCUT2D eigenvalue weighted by atomic mass is 10.0. The number of benzene rings is 2. The second-order valence-corrected chi connectivity index (χ2v) is 7.91. The fourth-order valence-corrected chi connectivity index (χ4v) is 3.73. The highest BCUT2D eigenvalue weighted by molar-refractivity contribution is 5.89. The molecule has 1 aliphatic rings. The summed E-state index contributed by atoms with van der Waals surface area (Å²) >= 11 is 0. The van der Waals surface area contributed by atoms with E-state index in [9.17, 15) is 26.7 Å². The normalized spacial score (nSPS) is 18.9. The minimum atomic E-state index is -4.49. The summed E-state index contributed by atoms with van der Waals surface area (Å²) < 4.78 is 72.1. The van der Waals surface area contributed by atoms with Crippen LogP contribution in [0.5, 0.6) is 5.75 Å². The van der Waals surface area contributed by atoms with Crippen LogP contribution >= 0.6 is 0 Å². The summed E-state index contributed by atoms with van der Waals surface area (Å²) in [7, 11) is 0. The molecule has 2 aromatic rings. The maximum Gasteiger partial charge on any atom is 0.416 e. The van der Waals surface area contributed by atoms with E-state index in [1.807, 2.05) is 0 Å². The van der Waals surface area contributed by atoms with E-state index >= 15 is 0 Å². The predicted octanol–water partition coefficient (Wildman–Crippen LogP) is 7.21. The van der Waals surface area contributed by atoms with Crippen molar-refractivity contribution in [3.63, 3.8) is 0 Å². The van der Waals surface area contributed by atoms with Gasteiger partial charge in [-0.3, -0.25) is 0 Å². The molecule has 4 nitrogen and oxygen atoms in total. The molecular weight excluding hydrogens is 431 g/mol. The van der Waals surface area contributed by atoms with Gasteiger partial charge in [0.15, 0.2) is 0 Å². The smallest absolute Gasteiger partial charge is 0.416 e. The summed E-state index contributed by atoms with van der Waals surface area (Å²) in [5, 5.41) is 5.15. The zero-order valence-corrected chi connectivity index (χ0v) is 17.5. The lowest BCUT2D eigenvalue weighted by Gasteiger charge is -2.18. The Balaban J connectivity index is 0.00000289. The molecule has 0 radical (unpaired) electrons. The van der Waals surface area contributed by atoms with Gasteiger partial charge in [0.25, 0.3) is 5.92 Å². The first-order valence-corrected chi connectivity index (χ1v) is 10.5. The molecule has 2 N–H and O–H groups in total. The monoisotopic (exact) mass is 460 g/mol. The number of halogens is 5. The van der Waals surface area contributed by atoms with Crippen LogP contribution in [0.2, 0.25) is 0 Å². The molecule has 0 unspecified atom stereocenters. The Bertz CT molecular complexity index is 926. The first-order valence-electron chi connectivity index (χ1n) is 10.5. The second-order valence-electron chi connectivity index (χ2n) is 7.91. The zero-order valence-electron chi connectivity index (χ0n) is 17.5. The van der Waals surface area contributed by atoms with Crippen molar-refractivity contribution in [2.24, 2.45) is 0 Å². The number of nitrogens with one attached hydrogen (secondary N) is 2. The maximum absolute atomic E-state index is 14.0. The van der Waals surface area contributed by atoms with Gasteiger partial charge >= 0.3 is 12.2 Å². The molecule has 9 heteroatoms. The molecule has 0 aliphatic heterocycles. The van der Waals surface area contributed by atoms with Crippen LogP contribution in [0.1, 0.15) is 53.0 Å². The molecule has 2 atom stereocenters. The standard InChI is InChI=1S/C23H25F5N2O2.2H2/c1-2-12-22(24,25)15-6-9-19(10-7-15)32-20-11-8-18(14-20)30-21(31)29-17-5-3-4-16(13-17)23(26,27)28;;/h3-7,9-10,13,18,20H,2,8,11-12,14H2,1H3,(H2,29,30,31);2*1H/t18-,20-;;/m0../s1. The number of carbonyl (C=O) groups is 1. The Morgan fingerprint density at radius 2 is 1.78 bits per heavy atom. The van der Waals surface area contributed by atoms with Gasteiger partial charge in [-0.2, -0.15) is 13.2 Å². The summed E-state index contributed by atoms with van der Waals surface area (Å²) in [6.45, 7) is 1.70. The van der Waals surface area contributed by atoms with E-state index in [1.54, 1.807) is 6.92 Å². The van der Waals surface area contributed by atoms with Gasteiger partial charge in [0.05, 0.1) is 5.56 Å². The van der Waals surface area contributed by atoms with Crippen molar-refractivity contribution in [3.05, 3.63) is 59.7 Å². The topological polar surface area (TPSA) is 50.4 Å². The number of hydrogen-bond acceptors (Lipinski definition) is 2. The van der Waals surface area contributed by atoms with Crippen LogP contribution in [-0.2, 0) is 12.1 Å². The maximum atomic E-state index is 14.0. The van der Waals surface area contributed by atoms with Crippen molar-refractivity contribution < 1.29 is 34.3 Å². The first-order chi connectivity index (χ1) is 15.1. The van der Waals surface area contributed by atoms with Crippen molar-refractivity contribution in [1.29, 1.82) is 0 Å². The molecular formula is C23H29F5N2O2. The molecule has 1 fully saturated rings. The van der Waals surface area contributed by atoms with E-state index in [4.69, 9.17) is 4.74 Å². The lowest BCUT2D eigenvalue weighted by molar-refractivity contribution is -0.137. The van der Waals surface area contributed by atoms with E-state index in [-0.39, 0.29) is 32.7 Å². The zero-order chi connectivity index (χ0) is 23.4. The Labute approximate surface area is 186 Å². The van der Waals surface area contributed by atoms with Crippen LogP contribution in [0.4, 0.5) is 32.4 Å². The van der Waals surface area contributed by atoms with Gasteiger partial charge in [0, 0.05) is 33.0 Å². The molecule has 32 heavy (non-hydrogen) atoms. The average Bonchev–Trinajstić information content (AvgIpc) is 3.14. The summed E-state index contributed by atoms with van der Waals surface area (Å²) in [6, 6.07) is 9.34. The number of hydrogen-bond donors (Lipinski definition) is 2. The van der Waals surface area contributed by atoms with Gasteiger partial charge in [-0.1, -0.05) is 19.4 Å². The van der Waals surface area contributed by atoms with E-state index in [0.717, 1.165) is 12.1 Å². The van der Waals surface area contributed by atoms with Crippen molar-refractivity contribution in [2.75, 3.05) is 5.32 Å². The SMILES string of the molecule is CCCC(F)(F)c1ccc(O[C@H]2CC[C@H](NC(=O)Nc3cccc(C(F)(F)F)c3)C2)cc1.[HH].[HH]. The van der Waals surface area contributed by atoms with Crippen LogP contribution in [0.15, 0.2) is 48.5 Å². The third-order valence-corrected chi connectivity index (χ3v) is 5.31. The lowest BCUT2D eigenvalue weighted by Crippen LogP contribution is -2.37. The summed E-state index contributed by atoms with van der Waals surface area (Å²) in [5.41, 5.74) is -0.852. The van der Waals surface area contributed by atoms with E-state index in [2.05, 4.69) is 10.6 Å². The van der Waals surface area contributed by atoms with Crippen molar-refractivity contribution >= 4 is 11.7 Å². The van der Waals surface area contributed by atoms with Gasteiger partial charge < -0.3 is 15.4 Å². The molecule has 0 saturated heterocycles. The van der Waals surface area contributed by atoms with Gasteiger partial charge in [0.1, 0.15) is 11.9 Å². The number of anilines is 1. The quantitative estimate of drug-likeness (QED) is 0.429. The summed E-state index contributed by atoms with van der Waals surface area (Å²) in [5.74, 6) is -2.40. The van der Waals surface area contributed by atoms with Crippen LogP contribution in [-0.4, -0.2) is 18.2 Å². The number of alkyl halides is 5. The molecule has 0 aromatic heterocycles. The molecule has 3 rings (SSSR count). The van der Waals surface area contributed by atoms with Gasteiger partial charge in [-0.25, -0.2) is 13.6 Å². The van der Waals surface area contributed by atoms with E-state index < -0.39 is 23.7 Å². The van der Waals surface area contributed by atoms with Crippen LogP contribution in [0, 0.1) is 0 Å². The van der Waals surface area contributed by atoms with Crippen LogP contribution < -0.4 is 15.4 Å². The van der Waals surface area contributed by atoms with Crippen molar-refractivity contribution in [3.8, 4) is 5.75 Å². The van der Waals surface area contributed by atoms with E-state index in [0.29, 0.717) is 31.4 Å². The van der Waals surface area contributed by atoms with Crippen LogP contribution in [0.25, 0.3) is 0 Å². The Morgan fingerprint density at radius 3 is 2.44 bits per heavy atom.